The van der Waals surface area contributed by atoms with Crippen molar-refractivity contribution in [3.63, 3.8) is 0 Å². The predicted octanol–water partition coefficient (Wildman–Crippen LogP) is 1.14. The third kappa shape index (κ3) is 2.40. The molecule has 1 aromatic carbocycles. The molecule has 6 heteroatoms. The average molecular weight is 268 g/mol. The van der Waals surface area contributed by atoms with Crippen molar-refractivity contribution in [2.45, 2.75) is 6.54 Å². The number of hydrogen-bond donors (Lipinski definition) is 1. The number of nitrogens with zero attached hydrogens (tertiary/aromatic N) is 4. The zero-order valence-corrected chi connectivity index (χ0v) is 9.77. The molecule has 0 unspecified atom stereocenters. The summed E-state index contributed by atoms with van der Waals surface area (Å²) >= 11 is 3.37. The van der Waals surface area contributed by atoms with E-state index in [0.29, 0.717) is 12.4 Å². The molecule has 0 fully saturated rings. The van der Waals surface area contributed by atoms with Crippen LogP contribution in [0.15, 0.2) is 28.7 Å². The van der Waals surface area contributed by atoms with Gasteiger partial charge in [0.15, 0.2) is 5.82 Å². The van der Waals surface area contributed by atoms with Gasteiger partial charge in [-0.15, -0.1) is 15.0 Å². The maximum absolute atomic E-state index is 4.22. The molecular weight excluding hydrogens is 258 g/mol. The van der Waals surface area contributed by atoms with Crippen molar-refractivity contribution < 1.29 is 0 Å². The molecule has 5 nitrogen and oxygen atoms in total. The van der Waals surface area contributed by atoms with Gasteiger partial charge in [0.1, 0.15) is 0 Å². The maximum atomic E-state index is 4.22. The number of halogens is 1. The first-order chi connectivity index (χ1) is 7.29. The van der Waals surface area contributed by atoms with Crippen LogP contribution in [-0.2, 0) is 6.54 Å². The van der Waals surface area contributed by atoms with Crippen molar-refractivity contribution in [3.05, 3.63) is 34.6 Å². The van der Waals surface area contributed by atoms with E-state index in [2.05, 4.69) is 36.7 Å². The summed E-state index contributed by atoms with van der Waals surface area (Å²) in [6, 6.07) is 7.73. The highest BCUT2D eigenvalue weighted by atomic mass is 79.9. The zero-order chi connectivity index (χ0) is 10.7. The van der Waals surface area contributed by atoms with Gasteiger partial charge in [-0.25, -0.2) is 0 Å². The third-order valence-corrected chi connectivity index (χ3v) is 2.38. The Kier molecular flexibility index (Phi) is 3.08. The number of hydrogen-bond acceptors (Lipinski definition) is 4. The molecule has 0 amide bonds. The van der Waals surface area contributed by atoms with Crippen LogP contribution in [0.25, 0.3) is 5.69 Å². The van der Waals surface area contributed by atoms with Crippen molar-refractivity contribution in [2.75, 3.05) is 7.05 Å². The zero-order valence-electron chi connectivity index (χ0n) is 8.18. The van der Waals surface area contributed by atoms with Gasteiger partial charge in [0, 0.05) is 4.47 Å². The largest absolute Gasteiger partial charge is 0.313 e. The van der Waals surface area contributed by atoms with Crippen LogP contribution in [0, 0.1) is 0 Å². The Bertz CT molecular complexity index is 436. The molecule has 0 bridgehead atoms. The lowest BCUT2D eigenvalue weighted by Crippen LogP contribution is -2.07. The first kappa shape index (κ1) is 10.3. The van der Waals surface area contributed by atoms with Crippen molar-refractivity contribution in [2.24, 2.45) is 0 Å². The smallest absolute Gasteiger partial charge is 0.188 e. The molecule has 1 N–H and O–H groups in total. The Labute approximate surface area is 95.6 Å². The van der Waals surface area contributed by atoms with Gasteiger partial charge in [-0.05, 0) is 36.5 Å². The van der Waals surface area contributed by atoms with Crippen LogP contribution in [0.2, 0.25) is 0 Å². The molecule has 0 saturated carbocycles. The number of nitrogens with one attached hydrogen (secondary N) is 1. The van der Waals surface area contributed by atoms with Crippen LogP contribution in [0.4, 0.5) is 0 Å². The Morgan fingerprint density at radius 2 is 2.07 bits per heavy atom. The molecule has 2 aromatic rings. The van der Waals surface area contributed by atoms with E-state index in [9.17, 15) is 0 Å². The molecule has 0 saturated heterocycles. The monoisotopic (exact) mass is 267 g/mol. The lowest BCUT2D eigenvalue weighted by Gasteiger charge is -1.97. The molecule has 0 aliphatic carbocycles. The van der Waals surface area contributed by atoms with Gasteiger partial charge in [0.05, 0.1) is 12.2 Å². The van der Waals surface area contributed by atoms with E-state index in [1.807, 2.05) is 31.3 Å². The second-order valence-corrected chi connectivity index (χ2v) is 3.92. The summed E-state index contributed by atoms with van der Waals surface area (Å²) in [5.74, 6) is 0.681. The highest BCUT2D eigenvalue weighted by Gasteiger charge is 2.02. The van der Waals surface area contributed by atoms with E-state index in [0.717, 1.165) is 10.2 Å². The fourth-order valence-electron chi connectivity index (χ4n) is 1.16. The number of rotatable bonds is 3. The van der Waals surface area contributed by atoms with Crippen LogP contribution in [-0.4, -0.2) is 27.3 Å². The molecule has 0 aliphatic rings. The lowest BCUT2D eigenvalue weighted by atomic mass is 10.3. The number of benzene rings is 1. The molecule has 0 radical (unpaired) electrons. The topological polar surface area (TPSA) is 55.6 Å². The molecule has 78 valence electrons. The lowest BCUT2D eigenvalue weighted by molar-refractivity contribution is 0.711. The highest BCUT2D eigenvalue weighted by molar-refractivity contribution is 9.10. The van der Waals surface area contributed by atoms with E-state index in [4.69, 9.17) is 0 Å². The van der Waals surface area contributed by atoms with E-state index in [-0.39, 0.29) is 0 Å². The summed E-state index contributed by atoms with van der Waals surface area (Å²) in [7, 11) is 1.85. The fourth-order valence-corrected chi connectivity index (χ4v) is 1.42. The second kappa shape index (κ2) is 4.50. The maximum Gasteiger partial charge on any atom is 0.188 e. The van der Waals surface area contributed by atoms with Crippen LogP contribution in [0.5, 0.6) is 0 Å². The average Bonchev–Trinajstić information content (AvgIpc) is 2.68. The van der Waals surface area contributed by atoms with Gasteiger partial charge in [-0.3, -0.25) is 0 Å². The van der Waals surface area contributed by atoms with E-state index >= 15 is 0 Å². The molecule has 0 aliphatic heterocycles. The summed E-state index contributed by atoms with van der Waals surface area (Å²) in [6.07, 6.45) is 0. The Balaban J connectivity index is 2.25. The molecular formula is C9H10BrN5. The SMILES string of the molecule is CNCc1nnn(-c2ccc(Br)cc2)n1. The van der Waals surface area contributed by atoms with Gasteiger partial charge in [0.25, 0.3) is 0 Å². The van der Waals surface area contributed by atoms with Gasteiger partial charge >= 0.3 is 0 Å². The van der Waals surface area contributed by atoms with Crippen LogP contribution in [0.3, 0.4) is 0 Å². The minimum atomic E-state index is 0.622. The molecule has 1 aromatic heterocycles. The van der Waals surface area contributed by atoms with Gasteiger partial charge < -0.3 is 5.32 Å². The number of tetrazole rings is 1. The minimum Gasteiger partial charge on any atom is -0.313 e. The first-order valence-electron chi connectivity index (χ1n) is 4.49. The summed E-state index contributed by atoms with van der Waals surface area (Å²) in [4.78, 5) is 1.51. The van der Waals surface area contributed by atoms with Crippen molar-refractivity contribution in [3.8, 4) is 5.69 Å². The Hall–Kier alpha value is -1.27. The number of aromatic nitrogens is 4. The molecule has 0 spiro atoms. The van der Waals surface area contributed by atoms with E-state index in [1.165, 1.54) is 4.80 Å². The van der Waals surface area contributed by atoms with Gasteiger partial charge in [-0.2, -0.15) is 0 Å². The summed E-state index contributed by atoms with van der Waals surface area (Å²) in [6.45, 7) is 0.622. The quantitative estimate of drug-likeness (QED) is 0.907. The fraction of sp³-hybridized carbons (Fsp3) is 0.222. The Morgan fingerprint density at radius 1 is 1.33 bits per heavy atom. The minimum absolute atomic E-state index is 0.622. The molecule has 15 heavy (non-hydrogen) atoms. The van der Waals surface area contributed by atoms with Crippen molar-refractivity contribution in [1.29, 1.82) is 0 Å². The second-order valence-electron chi connectivity index (χ2n) is 3.00. The van der Waals surface area contributed by atoms with Crippen molar-refractivity contribution in [1.82, 2.24) is 25.5 Å². The summed E-state index contributed by atoms with van der Waals surface area (Å²) in [5, 5.41) is 15.1. The van der Waals surface area contributed by atoms with Crippen LogP contribution in [0.1, 0.15) is 5.82 Å². The standard InChI is InChI=1S/C9H10BrN5/c1-11-6-9-12-14-15(13-9)8-4-2-7(10)3-5-8/h2-5,11H,6H2,1H3. The van der Waals surface area contributed by atoms with Crippen LogP contribution >= 0.6 is 15.9 Å². The van der Waals surface area contributed by atoms with E-state index < -0.39 is 0 Å². The molecule has 0 atom stereocenters. The summed E-state index contributed by atoms with van der Waals surface area (Å²) in [5.41, 5.74) is 0.896. The predicted molar refractivity (Wildman–Crippen MR) is 59.6 cm³/mol. The highest BCUT2D eigenvalue weighted by Crippen LogP contribution is 2.12. The van der Waals surface area contributed by atoms with Gasteiger partial charge in [-0.1, -0.05) is 15.9 Å². The van der Waals surface area contributed by atoms with Crippen LogP contribution < -0.4 is 5.32 Å². The van der Waals surface area contributed by atoms with E-state index in [1.54, 1.807) is 0 Å². The third-order valence-electron chi connectivity index (χ3n) is 1.85. The van der Waals surface area contributed by atoms with Gasteiger partial charge in [0.2, 0.25) is 0 Å². The summed E-state index contributed by atoms with van der Waals surface area (Å²) < 4.78 is 1.03. The Morgan fingerprint density at radius 3 is 2.73 bits per heavy atom. The molecule has 1 heterocycles. The van der Waals surface area contributed by atoms with Crippen molar-refractivity contribution >= 4 is 15.9 Å². The molecule has 2 rings (SSSR count). The normalized spacial score (nSPS) is 10.5. The first-order valence-corrected chi connectivity index (χ1v) is 5.28.